The van der Waals surface area contributed by atoms with Crippen molar-refractivity contribution in [3.63, 3.8) is 0 Å². The fraction of sp³-hybridized carbons (Fsp3) is 0.375. The Hall–Kier alpha value is -3.79. The van der Waals surface area contributed by atoms with Crippen molar-refractivity contribution in [1.29, 1.82) is 0 Å². The summed E-state index contributed by atoms with van der Waals surface area (Å²) in [6, 6.07) is 8.09. The Morgan fingerprint density at radius 1 is 1.21 bits per heavy atom. The minimum atomic E-state index is -0.418. The highest BCUT2D eigenvalue weighted by Crippen LogP contribution is 2.36. The number of rotatable bonds is 5. The highest BCUT2D eigenvalue weighted by atomic mass is 16.5. The first-order valence-corrected chi connectivity index (χ1v) is 11.4. The Balaban J connectivity index is 1.47. The third-order valence-corrected chi connectivity index (χ3v) is 6.01. The lowest BCUT2D eigenvalue weighted by atomic mass is 9.97. The van der Waals surface area contributed by atoms with Crippen LogP contribution in [0.5, 0.6) is 0 Å². The van der Waals surface area contributed by atoms with E-state index in [1.807, 2.05) is 52.0 Å². The van der Waals surface area contributed by atoms with Gasteiger partial charge in [-0.05, 0) is 48.7 Å². The average Bonchev–Trinajstić information content (AvgIpc) is 3.56. The first kappa shape index (κ1) is 22.0. The minimum Gasteiger partial charge on any atom is -0.364 e. The molecule has 176 valence electrons. The summed E-state index contributed by atoms with van der Waals surface area (Å²) in [5, 5.41) is 22.1. The van der Waals surface area contributed by atoms with Crippen molar-refractivity contribution >= 4 is 28.4 Å². The van der Waals surface area contributed by atoms with Crippen LogP contribution in [0.4, 0.5) is 11.5 Å². The van der Waals surface area contributed by atoms with Crippen molar-refractivity contribution < 1.29 is 9.32 Å². The number of aromatic amines is 1. The van der Waals surface area contributed by atoms with Crippen LogP contribution < -0.4 is 16.0 Å². The molecule has 10 nitrogen and oxygen atoms in total. The van der Waals surface area contributed by atoms with Crippen LogP contribution in [0.3, 0.4) is 0 Å². The van der Waals surface area contributed by atoms with Gasteiger partial charge in [-0.1, -0.05) is 38.1 Å². The Bertz CT molecular complexity index is 1340. The van der Waals surface area contributed by atoms with Crippen molar-refractivity contribution in [3.05, 3.63) is 47.7 Å². The van der Waals surface area contributed by atoms with E-state index in [1.54, 1.807) is 6.20 Å². The number of aromatic nitrogens is 5. The topological polar surface area (TPSA) is 134 Å². The largest absolute Gasteiger partial charge is 0.364 e. The number of carbonyl (C=O) groups is 1. The average molecular weight is 461 g/mol. The highest BCUT2D eigenvalue weighted by Gasteiger charge is 2.25. The second-order valence-corrected chi connectivity index (χ2v) is 9.59. The van der Waals surface area contributed by atoms with E-state index >= 15 is 0 Å². The lowest BCUT2D eigenvalue weighted by Gasteiger charge is -2.15. The Labute approximate surface area is 196 Å². The van der Waals surface area contributed by atoms with Crippen LogP contribution in [0, 0.1) is 6.92 Å². The molecule has 4 aromatic rings. The maximum Gasteiger partial charge on any atom is 0.297 e. The molecule has 0 radical (unpaired) electrons. The number of benzene rings is 1. The molecule has 0 saturated carbocycles. The molecule has 1 atom stereocenters. The summed E-state index contributed by atoms with van der Waals surface area (Å²) in [6.45, 7) is 9.72. The number of pyridine rings is 1. The number of hydrogen-bond acceptors (Lipinski definition) is 8. The molecule has 1 saturated heterocycles. The molecule has 1 amide bonds. The minimum absolute atomic E-state index is 0.00697. The molecule has 10 heteroatoms. The Morgan fingerprint density at radius 3 is 2.79 bits per heavy atom. The van der Waals surface area contributed by atoms with Gasteiger partial charge in [0.2, 0.25) is 5.89 Å². The Kier molecular flexibility index (Phi) is 5.52. The molecule has 3 aromatic heterocycles. The predicted octanol–water partition coefficient (Wildman–Crippen LogP) is 3.64. The summed E-state index contributed by atoms with van der Waals surface area (Å²) in [6.07, 6.45) is 2.80. The van der Waals surface area contributed by atoms with Gasteiger partial charge in [0, 0.05) is 29.9 Å². The predicted molar refractivity (Wildman–Crippen MR) is 130 cm³/mol. The smallest absolute Gasteiger partial charge is 0.297 e. The molecular weight excluding hydrogens is 432 g/mol. The van der Waals surface area contributed by atoms with Gasteiger partial charge in [-0.3, -0.25) is 9.89 Å². The van der Waals surface area contributed by atoms with Crippen LogP contribution in [0.1, 0.15) is 49.3 Å². The zero-order valence-electron chi connectivity index (χ0n) is 19.7. The standard InChI is InChI=1S/C24H28N8O2/c1-13-15(6-5-7-17(13)28-22(33)21-29-23(34-32-21)24(2,3)4)16-9-11-26-19-18(16)20(31-30-19)27-14-8-10-25-12-14/h5-7,9,11,14,25H,8,10,12H2,1-4H3,(H,28,33)(H2,26,27,30,31)/t14-/m1/s1. The van der Waals surface area contributed by atoms with Crippen LogP contribution in [0.15, 0.2) is 35.0 Å². The van der Waals surface area contributed by atoms with E-state index in [0.29, 0.717) is 23.3 Å². The van der Waals surface area contributed by atoms with Crippen LogP contribution in [0.25, 0.3) is 22.2 Å². The third-order valence-electron chi connectivity index (χ3n) is 6.01. The summed E-state index contributed by atoms with van der Waals surface area (Å²) in [5.74, 6) is 0.785. The van der Waals surface area contributed by atoms with E-state index in [-0.39, 0.29) is 11.2 Å². The van der Waals surface area contributed by atoms with Crippen molar-refractivity contribution in [1.82, 2.24) is 30.6 Å². The van der Waals surface area contributed by atoms with Gasteiger partial charge in [0.15, 0.2) is 11.5 Å². The number of carbonyl (C=O) groups excluding carboxylic acids is 1. The van der Waals surface area contributed by atoms with Gasteiger partial charge < -0.3 is 20.5 Å². The quantitative estimate of drug-likeness (QED) is 0.355. The van der Waals surface area contributed by atoms with Crippen molar-refractivity contribution in [3.8, 4) is 11.1 Å². The molecule has 0 bridgehead atoms. The maximum absolute atomic E-state index is 12.8. The number of amides is 1. The second kappa shape index (κ2) is 8.53. The maximum atomic E-state index is 12.8. The van der Waals surface area contributed by atoms with Gasteiger partial charge in [0.05, 0.1) is 5.39 Å². The number of fused-ring (bicyclic) bond motifs is 1. The molecule has 0 aliphatic carbocycles. The highest BCUT2D eigenvalue weighted by molar-refractivity contribution is 6.04. The zero-order valence-corrected chi connectivity index (χ0v) is 19.7. The number of hydrogen-bond donors (Lipinski definition) is 4. The van der Waals surface area contributed by atoms with Crippen LogP contribution in [0.2, 0.25) is 0 Å². The molecule has 4 heterocycles. The molecule has 4 N–H and O–H groups in total. The van der Waals surface area contributed by atoms with Crippen LogP contribution in [-0.2, 0) is 5.41 Å². The van der Waals surface area contributed by atoms with E-state index < -0.39 is 5.91 Å². The fourth-order valence-corrected chi connectivity index (χ4v) is 4.11. The molecule has 5 rings (SSSR count). The van der Waals surface area contributed by atoms with Gasteiger partial charge >= 0.3 is 0 Å². The first-order chi connectivity index (χ1) is 16.3. The molecule has 1 aliphatic rings. The normalized spacial score (nSPS) is 16.2. The molecule has 0 spiro atoms. The monoisotopic (exact) mass is 460 g/mol. The van der Waals surface area contributed by atoms with E-state index in [1.165, 1.54) is 0 Å². The number of nitrogens with zero attached hydrogens (tertiary/aromatic N) is 4. The molecule has 1 aliphatic heterocycles. The lowest BCUT2D eigenvalue weighted by molar-refractivity contribution is 0.101. The van der Waals surface area contributed by atoms with Gasteiger partial charge in [-0.25, -0.2) is 4.98 Å². The van der Waals surface area contributed by atoms with Crippen molar-refractivity contribution in [2.24, 2.45) is 0 Å². The SMILES string of the molecule is Cc1c(NC(=O)c2noc(C(C)(C)C)n2)cccc1-c1ccnc2[nH]nc(N[C@@H]3CCNC3)c12. The summed E-state index contributed by atoms with van der Waals surface area (Å²) in [4.78, 5) is 21.5. The number of nitrogens with one attached hydrogen (secondary N) is 4. The van der Waals surface area contributed by atoms with Crippen molar-refractivity contribution in [2.45, 2.75) is 45.6 Å². The summed E-state index contributed by atoms with van der Waals surface area (Å²) < 4.78 is 5.27. The molecular formula is C24H28N8O2. The van der Waals surface area contributed by atoms with E-state index in [0.717, 1.165) is 47.4 Å². The third kappa shape index (κ3) is 4.12. The first-order valence-electron chi connectivity index (χ1n) is 11.4. The van der Waals surface area contributed by atoms with Gasteiger partial charge in [0.1, 0.15) is 0 Å². The molecule has 1 fully saturated rings. The van der Waals surface area contributed by atoms with Gasteiger partial charge in [-0.15, -0.1) is 0 Å². The molecule has 1 aromatic carbocycles. The summed E-state index contributed by atoms with van der Waals surface area (Å²) in [7, 11) is 0. The summed E-state index contributed by atoms with van der Waals surface area (Å²) in [5.41, 5.74) is 3.92. The van der Waals surface area contributed by atoms with Crippen LogP contribution >= 0.6 is 0 Å². The number of H-pyrrole nitrogens is 1. The number of anilines is 2. The van der Waals surface area contributed by atoms with Crippen molar-refractivity contribution in [2.75, 3.05) is 23.7 Å². The van der Waals surface area contributed by atoms with E-state index in [2.05, 4.69) is 41.3 Å². The van der Waals surface area contributed by atoms with Gasteiger partial charge in [0.25, 0.3) is 11.7 Å². The van der Waals surface area contributed by atoms with E-state index in [9.17, 15) is 4.79 Å². The molecule has 34 heavy (non-hydrogen) atoms. The summed E-state index contributed by atoms with van der Waals surface area (Å²) >= 11 is 0. The fourth-order valence-electron chi connectivity index (χ4n) is 4.11. The Morgan fingerprint density at radius 2 is 2.06 bits per heavy atom. The second-order valence-electron chi connectivity index (χ2n) is 9.59. The van der Waals surface area contributed by atoms with Gasteiger partial charge in [-0.2, -0.15) is 10.1 Å². The van der Waals surface area contributed by atoms with Crippen LogP contribution in [-0.4, -0.2) is 50.4 Å². The molecule has 0 unspecified atom stereocenters. The zero-order chi connectivity index (χ0) is 23.9. The lowest BCUT2D eigenvalue weighted by Crippen LogP contribution is -2.22. The van der Waals surface area contributed by atoms with E-state index in [4.69, 9.17) is 4.52 Å².